The average molecular weight is 354 g/mol. The highest BCUT2D eigenvalue weighted by atomic mass is 79.9. The fraction of sp³-hybridized carbons (Fsp3) is 0.188. The van der Waals surface area contributed by atoms with E-state index in [4.69, 9.17) is 16.3 Å². The Balaban J connectivity index is 2.28. The SMILES string of the molecule is COC(=O)C(Cc1ccc(Cl)cc1)c1cccc(Br)c1. The van der Waals surface area contributed by atoms with Crippen LogP contribution < -0.4 is 0 Å². The Kier molecular flexibility index (Phi) is 5.21. The zero-order valence-corrected chi connectivity index (χ0v) is 13.3. The minimum Gasteiger partial charge on any atom is -0.469 e. The van der Waals surface area contributed by atoms with Crippen molar-refractivity contribution in [2.24, 2.45) is 0 Å². The molecule has 0 saturated heterocycles. The van der Waals surface area contributed by atoms with Crippen LogP contribution in [0.4, 0.5) is 0 Å². The summed E-state index contributed by atoms with van der Waals surface area (Å²) in [6.07, 6.45) is 0.584. The first-order valence-electron chi connectivity index (χ1n) is 6.18. The van der Waals surface area contributed by atoms with Gasteiger partial charge in [-0.25, -0.2) is 0 Å². The van der Waals surface area contributed by atoms with Crippen LogP contribution in [0.2, 0.25) is 5.02 Å². The van der Waals surface area contributed by atoms with E-state index in [9.17, 15) is 4.79 Å². The van der Waals surface area contributed by atoms with Gasteiger partial charge in [0.25, 0.3) is 0 Å². The lowest BCUT2D eigenvalue weighted by Gasteiger charge is -2.15. The Hall–Kier alpha value is -1.32. The summed E-state index contributed by atoms with van der Waals surface area (Å²) in [6, 6.07) is 15.2. The first-order valence-corrected chi connectivity index (χ1v) is 7.35. The second-order valence-electron chi connectivity index (χ2n) is 4.46. The molecule has 0 saturated carbocycles. The van der Waals surface area contributed by atoms with Crippen LogP contribution in [0.15, 0.2) is 53.0 Å². The summed E-state index contributed by atoms with van der Waals surface area (Å²) in [5, 5.41) is 0.686. The number of esters is 1. The van der Waals surface area contributed by atoms with Crippen LogP contribution in [0.5, 0.6) is 0 Å². The summed E-state index contributed by atoms with van der Waals surface area (Å²) < 4.78 is 5.87. The van der Waals surface area contributed by atoms with Gasteiger partial charge in [-0.15, -0.1) is 0 Å². The molecule has 1 atom stereocenters. The second-order valence-corrected chi connectivity index (χ2v) is 5.81. The Morgan fingerprint density at radius 1 is 1.25 bits per heavy atom. The number of rotatable bonds is 4. The summed E-state index contributed by atoms with van der Waals surface area (Å²) in [5.74, 6) is -0.559. The highest BCUT2D eigenvalue weighted by molar-refractivity contribution is 9.10. The van der Waals surface area contributed by atoms with Gasteiger partial charge in [0.05, 0.1) is 13.0 Å². The number of benzene rings is 2. The predicted octanol–water partition coefficient (Wildman–Crippen LogP) is 4.60. The molecular formula is C16H14BrClO2. The molecule has 0 amide bonds. The molecule has 2 aromatic rings. The lowest BCUT2D eigenvalue weighted by molar-refractivity contribution is -0.142. The van der Waals surface area contributed by atoms with Gasteiger partial charge in [-0.3, -0.25) is 4.79 Å². The van der Waals surface area contributed by atoms with E-state index in [1.807, 2.05) is 48.5 Å². The van der Waals surface area contributed by atoms with Crippen LogP contribution in [0.1, 0.15) is 17.0 Å². The zero-order valence-electron chi connectivity index (χ0n) is 11.0. The summed E-state index contributed by atoms with van der Waals surface area (Å²) >= 11 is 9.30. The summed E-state index contributed by atoms with van der Waals surface area (Å²) in [5.41, 5.74) is 1.98. The third kappa shape index (κ3) is 3.84. The first kappa shape index (κ1) is 15.1. The molecule has 0 radical (unpaired) electrons. The number of hydrogen-bond donors (Lipinski definition) is 0. The molecule has 1 unspecified atom stereocenters. The van der Waals surface area contributed by atoms with Gasteiger partial charge in [0, 0.05) is 9.50 Å². The van der Waals surface area contributed by atoms with Gasteiger partial charge in [-0.2, -0.15) is 0 Å². The fourth-order valence-corrected chi connectivity index (χ4v) is 2.60. The molecule has 104 valence electrons. The average Bonchev–Trinajstić information content (AvgIpc) is 2.46. The van der Waals surface area contributed by atoms with E-state index in [0.29, 0.717) is 11.4 Å². The number of hydrogen-bond acceptors (Lipinski definition) is 2. The van der Waals surface area contributed by atoms with E-state index >= 15 is 0 Å². The van der Waals surface area contributed by atoms with Crippen LogP contribution in [-0.2, 0) is 16.0 Å². The van der Waals surface area contributed by atoms with Crippen LogP contribution in [0, 0.1) is 0 Å². The lowest BCUT2D eigenvalue weighted by Crippen LogP contribution is -2.16. The Morgan fingerprint density at radius 2 is 1.95 bits per heavy atom. The number of methoxy groups -OCH3 is 1. The van der Waals surface area contributed by atoms with Crippen molar-refractivity contribution in [3.8, 4) is 0 Å². The molecular weight excluding hydrogens is 340 g/mol. The highest BCUT2D eigenvalue weighted by Crippen LogP contribution is 2.25. The van der Waals surface area contributed by atoms with Crippen molar-refractivity contribution in [1.82, 2.24) is 0 Å². The van der Waals surface area contributed by atoms with Gasteiger partial charge >= 0.3 is 5.97 Å². The monoisotopic (exact) mass is 352 g/mol. The van der Waals surface area contributed by atoms with Crippen molar-refractivity contribution in [1.29, 1.82) is 0 Å². The topological polar surface area (TPSA) is 26.3 Å². The van der Waals surface area contributed by atoms with Crippen LogP contribution >= 0.6 is 27.5 Å². The quantitative estimate of drug-likeness (QED) is 0.751. The van der Waals surface area contributed by atoms with Crippen LogP contribution in [0.25, 0.3) is 0 Å². The lowest BCUT2D eigenvalue weighted by atomic mass is 9.92. The molecule has 0 N–H and O–H groups in total. The van der Waals surface area contributed by atoms with Crippen molar-refractivity contribution in [2.75, 3.05) is 7.11 Å². The van der Waals surface area contributed by atoms with Crippen LogP contribution in [0.3, 0.4) is 0 Å². The third-order valence-corrected chi connectivity index (χ3v) is 3.84. The molecule has 2 aromatic carbocycles. The van der Waals surface area contributed by atoms with Crippen molar-refractivity contribution in [3.63, 3.8) is 0 Å². The van der Waals surface area contributed by atoms with Crippen molar-refractivity contribution >= 4 is 33.5 Å². The van der Waals surface area contributed by atoms with Crippen molar-refractivity contribution < 1.29 is 9.53 Å². The van der Waals surface area contributed by atoms with Gasteiger partial charge in [0.1, 0.15) is 0 Å². The largest absolute Gasteiger partial charge is 0.469 e. The molecule has 0 heterocycles. The third-order valence-electron chi connectivity index (χ3n) is 3.09. The van der Waals surface area contributed by atoms with Gasteiger partial charge in [0.2, 0.25) is 0 Å². The fourth-order valence-electron chi connectivity index (χ4n) is 2.06. The maximum Gasteiger partial charge on any atom is 0.313 e. The standard InChI is InChI=1S/C16H14BrClO2/c1-20-16(19)15(12-3-2-4-13(17)10-12)9-11-5-7-14(18)8-6-11/h2-8,10,15H,9H2,1H3. The molecule has 2 nitrogen and oxygen atoms in total. The molecule has 0 aliphatic rings. The van der Waals surface area contributed by atoms with E-state index < -0.39 is 0 Å². The van der Waals surface area contributed by atoms with Crippen LogP contribution in [-0.4, -0.2) is 13.1 Å². The summed E-state index contributed by atoms with van der Waals surface area (Å²) in [6.45, 7) is 0. The van der Waals surface area contributed by atoms with Gasteiger partial charge in [0.15, 0.2) is 0 Å². The minimum absolute atomic E-state index is 0.238. The molecule has 0 aromatic heterocycles. The molecule has 0 bridgehead atoms. The summed E-state index contributed by atoms with van der Waals surface area (Å²) in [4.78, 5) is 12.0. The first-order chi connectivity index (χ1) is 9.60. The van der Waals surface area contributed by atoms with Gasteiger partial charge in [-0.05, 0) is 41.8 Å². The van der Waals surface area contributed by atoms with E-state index in [1.54, 1.807) is 0 Å². The maximum absolute atomic E-state index is 12.0. The predicted molar refractivity (Wildman–Crippen MR) is 84.1 cm³/mol. The van der Waals surface area contributed by atoms with E-state index in [2.05, 4.69) is 15.9 Å². The molecule has 0 spiro atoms. The Labute approximate surface area is 131 Å². The number of carbonyl (C=O) groups excluding carboxylic acids is 1. The molecule has 20 heavy (non-hydrogen) atoms. The molecule has 0 aliphatic carbocycles. The van der Waals surface area contributed by atoms with E-state index in [-0.39, 0.29) is 11.9 Å². The minimum atomic E-state index is -0.321. The van der Waals surface area contributed by atoms with Crippen molar-refractivity contribution in [3.05, 3.63) is 69.2 Å². The Morgan fingerprint density at radius 3 is 2.55 bits per heavy atom. The number of ether oxygens (including phenoxy) is 1. The zero-order chi connectivity index (χ0) is 14.5. The van der Waals surface area contributed by atoms with Gasteiger partial charge < -0.3 is 4.74 Å². The number of halogens is 2. The summed E-state index contributed by atoms with van der Waals surface area (Å²) in [7, 11) is 1.41. The Bertz CT molecular complexity index is 596. The number of carbonyl (C=O) groups is 1. The van der Waals surface area contributed by atoms with Gasteiger partial charge in [-0.1, -0.05) is 51.8 Å². The normalized spacial score (nSPS) is 11.9. The molecule has 4 heteroatoms. The maximum atomic E-state index is 12.0. The van der Waals surface area contributed by atoms with E-state index in [1.165, 1.54) is 7.11 Å². The van der Waals surface area contributed by atoms with E-state index in [0.717, 1.165) is 15.6 Å². The molecule has 0 aliphatic heterocycles. The molecule has 2 rings (SSSR count). The molecule has 0 fully saturated rings. The second kappa shape index (κ2) is 6.91. The van der Waals surface area contributed by atoms with Crippen molar-refractivity contribution in [2.45, 2.75) is 12.3 Å². The highest BCUT2D eigenvalue weighted by Gasteiger charge is 2.22. The smallest absolute Gasteiger partial charge is 0.313 e.